The maximum absolute atomic E-state index is 14.2. The van der Waals surface area contributed by atoms with Crippen LogP contribution >= 0.6 is 0 Å². The first kappa shape index (κ1) is 24.1. The van der Waals surface area contributed by atoms with Crippen molar-refractivity contribution in [2.24, 2.45) is 5.41 Å². The van der Waals surface area contributed by atoms with Gasteiger partial charge in [0.25, 0.3) is 5.56 Å². The van der Waals surface area contributed by atoms with Crippen LogP contribution in [0, 0.1) is 5.41 Å². The van der Waals surface area contributed by atoms with E-state index in [2.05, 4.69) is 10.1 Å². The van der Waals surface area contributed by atoms with Gasteiger partial charge in [0, 0.05) is 18.5 Å². The van der Waals surface area contributed by atoms with Gasteiger partial charge in [-0.3, -0.25) is 14.2 Å². The molecular weight excluding hydrogens is 477 g/mol. The summed E-state index contributed by atoms with van der Waals surface area (Å²) in [5, 5.41) is 15.9. The number of halogens is 1. The lowest BCUT2D eigenvalue weighted by Gasteiger charge is -2.39. The van der Waals surface area contributed by atoms with Crippen LogP contribution in [0.5, 0.6) is 5.75 Å². The second kappa shape index (κ2) is 8.65. The number of carbonyl (C=O) groups is 1. The van der Waals surface area contributed by atoms with Crippen LogP contribution in [0.1, 0.15) is 51.9 Å². The van der Waals surface area contributed by atoms with E-state index < -0.39 is 11.3 Å². The minimum absolute atomic E-state index is 0.0538. The molecule has 1 aromatic carbocycles. The van der Waals surface area contributed by atoms with Gasteiger partial charge < -0.3 is 14.7 Å². The average Bonchev–Trinajstić information content (AvgIpc) is 3.48. The Morgan fingerprint density at radius 3 is 2.43 bits per heavy atom. The number of hydrogen-bond acceptors (Lipinski definition) is 6. The number of piperidine rings is 1. The molecule has 37 heavy (non-hydrogen) atoms. The highest BCUT2D eigenvalue weighted by Crippen LogP contribution is 2.47. The highest BCUT2D eigenvalue weighted by molar-refractivity contribution is 5.85. The highest BCUT2D eigenvalue weighted by Gasteiger charge is 2.48. The molecule has 3 fully saturated rings. The first-order valence-corrected chi connectivity index (χ1v) is 13.0. The van der Waals surface area contributed by atoms with Crippen molar-refractivity contribution >= 4 is 16.9 Å². The topological polar surface area (TPSA) is 102 Å². The Bertz CT molecular complexity index is 1380. The number of fused-ring (bicyclic) bond motifs is 1. The smallest absolute Gasteiger partial charge is 0.264 e. The summed E-state index contributed by atoms with van der Waals surface area (Å²) in [7, 11) is 0. The predicted octanol–water partition coefficient (Wildman–Crippen LogP) is 3.01. The zero-order chi connectivity index (χ0) is 25.8. The molecule has 196 valence electrons. The third-order valence-electron chi connectivity index (χ3n) is 8.35. The lowest BCUT2D eigenvalue weighted by Crippen LogP contribution is -2.51. The normalized spacial score (nSPS) is 21.4. The van der Waals surface area contributed by atoms with Crippen molar-refractivity contribution in [3.05, 3.63) is 47.1 Å². The number of amides is 1. The van der Waals surface area contributed by atoms with Crippen molar-refractivity contribution in [2.75, 3.05) is 19.7 Å². The second-order valence-corrected chi connectivity index (χ2v) is 11.3. The Labute approximate surface area is 213 Å². The van der Waals surface area contributed by atoms with Gasteiger partial charge in [0.1, 0.15) is 29.7 Å². The number of ether oxygens (including phenoxy) is 1. The Balaban J connectivity index is 1.14. The van der Waals surface area contributed by atoms with Gasteiger partial charge in [-0.05, 0) is 69.2 Å². The number of aromatic nitrogens is 4. The summed E-state index contributed by atoms with van der Waals surface area (Å²) in [4.78, 5) is 32.1. The fourth-order valence-electron chi connectivity index (χ4n) is 5.24. The molecule has 1 saturated heterocycles. The summed E-state index contributed by atoms with van der Waals surface area (Å²) in [6.45, 7) is 3.13. The Morgan fingerprint density at radius 1 is 1.11 bits per heavy atom. The van der Waals surface area contributed by atoms with E-state index in [-0.39, 0.29) is 30.0 Å². The molecule has 0 spiro atoms. The number of aliphatic hydroxyl groups is 1. The highest BCUT2D eigenvalue weighted by atomic mass is 19.1. The standard InChI is InChI=1S/C27H32FN5O4/c1-25(9-10-25)24(35)31-13-11-27(36,12-14-31)16-32-18-29-22-21(23(32)34)15-30-33(22)19-3-5-20(6-4-19)37-17-26(28)7-2-8-26/h3-6,15,18,36H,2,7-14,16-17H2,1H3. The number of likely N-dealkylation sites (tertiary alicyclic amines) is 1. The Kier molecular flexibility index (Phi) is 5.63. The summed E-state index contributed by atoms with van der Waals surface area (Å²) in [6, 6.07) is 7.09. The maximum Gasteiger partial charge on any atom is 0.264 e. The van der Waals surface area contributed by atoms with Gasteiger partial charge in [-0.15, -0.1) is 0 Å². The van der Waals surface area contributed by atoms with Crippen LogP contribution in [0.4, 0.5) is 4.39 Å². The molecule has 0 bridgehead atoms. The van der Waals surface area contributed by atoms with Gasteiger partial charge in [0.15, 0.2) is 5.65 Å². The summed E-state index contributed by atoms with van der Waals surface area (Å²) in [5.74, 6) is 0.748. The van der Waals surface area contributed by atoms with Crippen molar-refractivity contribution in [1.29, 1.82) is 0 Å². The Hall–Kier alpha value is -3.27. The summed E-state index contributed by atoms with van der Waals surface area (Å²) >= 11 is 0. The number of alkyl halides is 1. The molecule has 2 aromatic heterocycles. The summed E-state index contributed by atoms with van der Waals surface area (Å²) < 4.78 is 22.8. The van der Waals surface area contributed by atoms with E-state index in [1.807, 2.05) is 11.8 Å². The first-order chi connectivity index (χ1) is 17.7. The molecule has 3 aliphatic rings. The second-order valence-electron chi connectivity index (χ2n) is 11.3. The molecule has 6 rings (SSSR count). The Morgan fingerprint density at radius 2 is 1.81 bits per heavy atom. The third-order valence-corrected chi connectivity index (χ3v) is 8.35. The number of carbonyl (C=O) groups excluding carboxylic acids is 1. The van der Waals surface area contributed by atoms with Gasteiger partial charge in [0.2, 0.25) is 5.91 Å². The molecule has 0 unspecified atom stereocenters. The number of rotatable bonds is 7. The fourth-order valence-corrected chi connectivity index (χ4v) is 5.24. The van der Waals surface area contributed by atoms with Gasteiger partial charge in [-0.1, -0.05) is 6.92 Å². The number of nitrogens with zero attached hydrogens (tertiary/aromatic N) is 5. The van der Waals surface area contributed by atoms with Crippen LogP contribution in [0.2, 0.25) is 0 Å². The van der Waals surface area contributed by atoms with E-state index in [0.29, 0.717) is 61.2 Å². The SMILES string of the molecule is CC1(C(=O)N2CCC(O)(Cn3cnc4c(cnn4-c4ccc(OCC5(F)CCC5)cc4)c3=O)CC2)CC1. The van der Waals surface area contributed by atoms with Crippen molar-refractivity contribution in [3.63, 3.8) is 0 Å². The molecule has 3 aromatic rings. The fraction of sp³-hybridized carbons (Fsp3) is 0.556. The van der Waals surface area contributed by atoms with Crippen LogP contribution in [0.25, 0.3) is 16.7 Å². The van der Waals surface area contributed by atoms with E-state index in [9.17, 15) is 19.1 Å². The molecule has 10 heteroatoms. The molecule has 9 nitrogen and oxygen atoms in total. The van der Waals surface area contributed by atoms with Gasteiger partial charge >= 0.3 is 0 Å². The van der Waals surface area contributed by atoms with Crippen LogP contribution in [0.3, 0.4) is 0 Å². The number of benzene rings is 1. The molecule has 3 heterocycles. The molecule has 1 aliphatic heterocycles. The molecule has 2 aliphatic carbocycles. The van der Waals surface area contributed by atoms with Gasteiger partial charge in [-0.25, -0.2) is 14.1 Å². The molecule has 0 atom stereocenters. The number of hydrogen-bond donors (Lipinski definition) is 1. The lowest BCUT2D eigenvalue weighted by molar-refractivity contribution is -0.141. The lowest BCUT2D eigenvalue weighted by atomic mass is 9.83. The minimum Gasteiger partial charge on any atom is -0.490 e. The molecular formula is C27H32FN5O4. The third kappa shape index (κ3) is 4.52. The summed E-state index contributed by atoms with van der Waals surface area (Å²) in [6.07, 6.45) is 7.60. The zero-order valence-electron chi connectivity index (χ0n) is 21.0. The van der Waals surface area contributed by atoms with Gasteiger partial charge in [0.05, 0.1) is 24.0 Å². The predicted molar refractivity (Wildman–Crippen MR) is 134 cm³/mol. The quantitative estimate of drug-likeness (QED) is 0.525. The zero-order valence-corrected chi connectivity index (χ0v) is 21.0. The van der Waals surface area contributed by atoms with Crippen LogP contribution in [-0.2, 0) is 11.3 Å². The van der Waals surface area contributed by atoms with Gasteiger partial charge in [-0.2, -0.15) is 5.10 Å². The molecule has 0 radical (unpaired) electrons. The van der Waals surface area contributed by atoms with Crippen molar-refractivity contribution in [3.8, 4) is 11.4 Å². The molecule has 1 N–H and O–H groups in total. The van der Waals surface area contributed by atoms with Crippen molar-refractivity contribution in [1.82, 2.24) is 24.2 Å². The van der Waals surface area contributed by atoms with E-state index >= 15 is 0 Å². The average molecular weight is 510 g/mol. The maximum atomic E-state index is 14.2. The van der Waals surface area contributed by atoms with Crippen LogP contribution in [0.15, 0.2) is 41.6 Å². The van der Waals surface area contributed by atoms with E-state index in [1.54, 1.807) is 28.9 Å². The van der Waals surface area contributed by atoms with Crippen LogP contribution < -0.4 is 10.3 Å². The largest absolute Gasteiger partial charge is 0.490 e. The van der Waals surface area contributed by atoms with Crippen molar-refractivity contribution in [2.45, 2.75) is 69.7 Å². The van der Waals surface area contributed by atoms with E-state index in [4.69, 9.17) is 4.74 Å². The molecule has 2 saturated carbocycles. The minimum atomic E-state index is -1.21. The van der Waals surface area contributed by atoms with E-state index in [0.717, 1.165) is 19.3 Å². The monoisotopic (exact) mass is 509 g/mol. The summed E-state index contributed by atoms with van der Waals surface area (Å²) in [5.41, 5.74) is -1.67. The van der Waals surface area contributed by atoms with E-state index in [1.165, 1.54) is 17.1 Å². The molecule has 1 amide bonds. The van der Waals surface area contributed by atoms with Crippen LogP contribution in [-0.4, -0.2) is 66.2 Å². The first-order valence-electron chi connectivity index (χ1n) is 13.0. The van der Waals surface area contributed by atoms with Crippen molar-refractivity contribution < 1.29 is 19.0 Å².